The van der Waals surface area contributed by atoms with Crippen LogP contribution < -0.4 is 0 Å². The van der Waals surface area contributed by atoms with Crippen molar-refractivity contribution in [3.05, 3.63) is 60.0 Å². The number of rotatable bonds is 2. The first kappa shape index (κ1) is 12.6. The third-order valence-corrected chi connectivity index (χ3v) is 3.41. The molecule has 100 valence electrons. The summed E-state index contributed by atoms with van der Waals surface area (Å²) in [4.78, 5) is 16.4. The summed E-state index contributed by atoms with van der Waals surface area (Å²) in [7, 11) is 0. The van der Waals surface area contributed by atoms with Crippen molar-refractivity contribution in [1.29, 1.82) is 0 Å². The van der Waals surface area contributed by atoms with Crippen molar-refractivity contribution in [2.75, 3.05) is 0 Å². The number of ketones is 1. The van der Waals surface area contributed by atoms with Gasteiger partial charge in [0.25, 0.3) is 0 Å². The highest BCUT2D eigenvalue weighted by Crippen LogP contribution is 2.26. The number of pyridine rings is 1. The monoisotopic (exact) mass is 265 g/mol. The first-order valence-corrected chi connectivity index (χ1v) is 6.52. The Hall–Kier alpha value is -2.42. The fraction of sp³-hybridized carbons (Fsp3) is 0.176. The van der Waals surface area contributed by atoms with Crippen molar-refractivity contribution in [2.45, 2.75) is 19.4 Å². The summed E-state index contributed by atoms with van der Waals surface area (Å²) in [5.41, 5.74) is 1.82. The second-order valence-electron chi connectivity index (χ2n) is 5.28. The molecule has 1 aliphatic rings. The van der Waals surface area contributed by atoms with Crippen LogP contribution in [0.5, 0.6) is 0 Å². The SMILES string of the molecule is CC1(C)OC=C(/C=C/c2ccnc3ccccc23)C1=O. The molecule has 3 heteroatoms. The van der Waals surface area contributed by atoms with E-state index in [4.69, 9.17) is 4.74 Å². The molecule has 3 nitrogen and oxygen atoms in total. The van der Waals surface area contributed by atoms with Crippen LogP contribution >= 0.6 is 0 Å². The van der Waals surface area contributed by atoms with Gasteiger partial charge in [-0.2, -0.15) is 0 Å². The number of aromatic nitrogens is 1. The number of carbonyl (C=O) groups excluding carboxylic acids is 1. The van der Waals surface area contributed by atoms with E-state index < -0.39 is 5.60 Å². The molecule has 2 heterocycles. The van der Waals surface area contributed by atoms with Crippen molar-refractivity contribution in [1.82, 2.24) is 4.98 Å². The van der Waals surface area contributed by atoms with Gasteiger partial charge in [-0.15, -0.1) is 0 Å². The lowest BCUT2D eigenvalue weighted by Crippen LogP contribution is -2.28. The molecule has 0 aliphatic carbocycles. The van der Waals surface area contributed by atoms with Gasteiger partial charge in [0.15, 0.2) is 5.60 Å². The third-order valence-electron chi connectivity index (χ3n) is 3.41. The van der Waals surface area contributed by atoms with Crippen molar-refractivity contribution >= 4 is 22.8 Å². The van der Waals surface area contributed by atoms with Gasteiger partial charge in [0, 0.05) is 11.6 Å². The summed E-state index contributed by atoms with van der Waals surface area (Å²) < 4.78 is 5.37. The number of carbonyl (C=O) groups is 1. The number of nitrogens with zero attached hydrogens (tertiary/aromatic N) is 1. The molecule has 0 saturated heterocycles. The van der Waals surface area contributed by atoms with Crippen molar-refractivity contribution in [3.63, 3.8) is 0 Å². The maximum atomic E-state index is 12.1. The van der Waals surface area contributed by atoms with E-state index in [1.807, 2.05) is 36.4 Å². The Balaban J connectivity index is 1.95. The van der Waals surface area contributed by atoms with Crippen LogP contribution in [-0.2, 0) is 9.53 Å². The predicted molar refractivity (Wildman–Crippen MR) is 79.0 cm³/mol. The lowest BCUT2D eigenvalue weighted by Gasteiger charge is -2.14. The fourth-order valence-corrected chi connectivity index (χ4v) is 2.22. The molecule has 20 heavy (non-hydrogen) atoms. The second kappa shape index (κ2) is 4.60. The highest BCUT2D eigenvalue weighted by atomic mass is 16.5. The van der Waals surface area contributed by atoms with Gasteiger partial charge in [-0.25, -0.2) is 0 Å². The van der Waals surface area contributed by atoms with Gasteiger partial charge < -0.3 is 4.74 Å². The van der Waals surface area contributed by atoms with Crippen LogP contribution in [-0.4, -0.2) is 16.4 Å². The molecule has 0 radical (unpaired) electrons. The van der Waals surface area contributed by atoms with Crippen molar-refractivity contribution < 1.29 is 9.53 Å². The second-order valence-corrected chi connectivity index (χ2v) is 5.28. The molecule has 0 fully saturated rings. The van der Waals surface area contributed by atoms with E-state index in [1.54, 1.807) is 26.1 Å². The molecule has 0 unspecified atom stereocenters. The molecule has 0 saturated carbocycles. The summed E-state index contributed by atoms with van der Waals surface area (Å²) in [6, 6.07) is 9.87. The van der Waals surface area contributed by atoms with Gasteiger partial charge in [0.2, 0.25) is 5.78 Å². The van der Waals surface area contributed by atoms with Crippen LogP contribution in [0.15, 0.2) is 54.4 Å². The zero-order valence-corrected chi connectivity index (χ0v) is 11.5. The van der Waals surface area contributed by atoms with Crippen molar-refractivity contribution in [2.24, 2.45) is 0 Å². The van der Waals surface area contributed by atoms with Crippen LogP contribution in [0.4, 0.5) is 0 Å². The van der Waals surface area contributed by atoms with E-state index in [0.29, 0.717) is 5.57 Å². The maximum absolute atomic E-state index is 12.1. The zero-order valence-electron chi connectivity index (χ0n) is 11.5. The normalized spacial score (nSPS) is 17.5. The summed E-state index contributed by atoms with van der Waals surface area (Å²) in [6.07, 6.45) is 7.03. The first-order chi connectivity index (χ1) is 9.58. The number of fused-ring (bicyclic) bond motifs is 1. The molecule has 0 bridgehead atoms. The average molecular weight is 265 g/mol. The lowest BCUT2D eigenvalue weighted by molar-refractivity contribution is -0.126. The van der Waals surface area contributed by atoms with Crippen LogP contribution in [0.3, 0.4) is 0 Å². The van der Waals surface area contributed by atoms with E-state index in [9.17, 15) is 4.79 Å². The average Bonchev–Trinajstić information content (AvgIpc) is 2.71. The largest absolute Gasteiger partial charge is 0.487 e. The molecule has 2 aromatic rings. The number of ether oxygens (including phenoxy) is 1. The minimum absolute atomic E-state index is 0.00658. The standard InChI is InChI=1S/C17H15NO2/c1-17(2)16(19)13(11-20-17)8-7-12-9-10-18-15-6-4-3-5-14(12)15/h3-11H,1-2H3/b8-7+. The number of allylic oxidation sites excluding steroid dienone is 1. The Labute approximate surface area is 117 Å². The zero-order chi connectivity index (χ0) is 14.2. The highest BCUT2D eigenvalue weighted by molar-refractivity contribution is 6.06. The Kier molecular flexibility index (Phi) is 2.90. The van der Waals surface area contributed by atoms with Crippen LogP contribution in [0.2, 0.25) is 0 Å². The predicted octanol–water partition coefficient (Wildman–Crippen LogP) is 3.51. The Morgan fingerprint density at radius 1 is 1.15 bits per heavy atom. The topological polar surface area (TPSA) is 39.2 Å². The van der Waals surface area contributed by atoms with Gasteiger partial charge in [0.1, 0.15) is 0 Å². The number of benzene rings is 1. The fourth-order valence-electron chi connectivity index (χ4n) is 2.22. The number of para-hydroxylation sites is 1. The molecule has 1 aliphatic heterocycles. The lowest BCUT2D eigenvalue weighted by atomic mass is 9.99. The molecule has 0 amide bonds. The minimum Gasteiger partial charge on any atom is -0.487 e. The molecule has 0 atom stereocenters. The molecular weight excluding hydrogens is 250 g/mol. The maximum Gasteiger partial charge on any atom is 0.208 e. The smallest absolute Gasteiger partial charge is 0.208 e. The van der Waals surface area contributed by atoms with Gasteiger partial charge in [-0.1, -0.05) is 24.3 Å². The first-order valence-electron chi connectivity index (χ1n) is 6.52. The van der Waals surface area contributed by atoms with Gasteiger partial charge in [-0.05, 0) is 37.6 Å². The Morgan fingerprint density at radius 2 is 1.95 bits per heavy atom. The molecule has 1 aromatic heterocycles. The molecule has 0 spiro atoms. The van der Waals surface area contributed by atoms with E-state index >= 15 is 0 Å². The summed E-state index contributed by atoms with van der Waals surface area (Å²) in [5, 5.41) is 1.07. The van der Waals surface area contributed by atoms with Crippen LogP contribution in [0.25, 0.3) is 17.0 Å². The van der Waals surface area contributed by atoms with Gasteiger partial charge in [0.05, 0.1) is 17.4 Å². The summed E-state index contributed by atoms with van der Waals surface area (Å²) >= 11 is 0. The van der Waals surface area contributed by atoms with E-state index in [0.717, 1.165) is 16.5 Å². The number of hydrogen-bond donors (Lipinski definition) is 0. The third kappa shape index (κ3) is 2.11. The van der Waals surface area contributed by atoms with Gasteiger partial charge in [-0.3, -0.25) is 9.78 Å². The van der Waals surface area contributed by atoms with Gasteiger partial charge >= 0.3 is 0 Å². The van der Waals surface area contributed by atoms with E-state index in [-0.39, 0.29) is 5.78 Å². The molecule has 3 rings (SSSR count). The van der Waals surface area contributed by atoms with Crippen molar-refractivity contribution in [3.8, 4) is 0 Å². The Bertz CT molecular complexity index is 736. The van der Waals surface area contributed by atoms with Crippen LogP contribution in [0, 0.1) is 0 Å². The number of hydrogen-bond acceptors (Lipinski definition) is 3. The number of Topliss-reactive ketones (excluding diaryl/α,β-unsaturated/α-hetero) is 1. The van der Waals surface area contributed by atoms with E-state index in [2.05, 4.69) is 4.98 Å². The van der Waals surface area contributed by atoms with Crippen LogP contribution in [0.1, 0.15) is 19.4 Å². The molecular formula is C17H15NO2. The molecule has 1 aromatic carbocycles. The highest BCUT2D eigenvalue weighted by Gasteiger charge is 2.35. The molecule has 0 N–H and O–H groups in total. The summed E-state index contributed by atoms with van der Waals surface area (Å²) in [6.45, 7) is 3.54. The quantitative estimate of drug-likeness (QED) is 0.834. The summed E-state index contributed by atoms with van der Waals surface area (Å²) in [5.74, 6) is 0.00658. The minimum atomic E-state index is -0.750. The Morgan fingerprint density at radius 3 is 2.70 bits per heavy atom. The van der Waals surface area contributed by atoms with E-state index in [1.165, 1.54) is 6.26 Å².